The van der Waals surface area contributed by atoms with Crippen LogP contribution in [0, 0.1) is 0 Å². The Hall–Kier alpha value is -1.59. The average molecular weight is 251 g/mol. The SMILES string of the molecule is COCCCCNCc1ccc(C(N)=NO)cc1. The maximum Gasteiger partial charge on any atom is 0.170 e. The first kappa shape index (κ1) is 14.5. The van der Waals surface area contributed by atoms with E-state index in [0.29, 0.717) is 0 Å². The first-order chi connectivity index (χ1) is 8.77. The molecule has 1 aromatic rings. The highest BCUT2D eigenvalue weighted by Crippen LogP contribution is 2.04. The maximum atomic E-state index is 8.54. The van der Waals surface area contributed by atoms with Gasteiger partial charge in [0.2, 0.25) is 0 Å². The molecule has 0 amide bonds. The van der Waals surface area contributed by atoms with Crippen molar-refractivity contribution in [2.75, 3.05) is 20.3 Å². The van der Waals surface area contributed by atoms with E-state index in [9.17, 15) is 0 Å². The summed E-state index contributed by atoms with van der Waals surface area (Å²) in [5, 5.41) is 14.9. The molecule has 0 atom stereocenters. The van der Waals surface area contributed by atoms with Crippen LogP contribution in [0.2, 0.25) is 0 Å². The molecule has 18 heavy (non-hydrogen) atoms. The van der Waals surface area contributed by atoms with Gasteiger partial charge in [-0.3, -0.25) is 0 Å². The van der Waals surface area contributed by atoms with E-state index in [1.165, 1.54) is 5.56 Å². The van der Waals surface area contributed by atoms with E-state index in [4.69, 9.17) is 15.7 Å². The van der Waals surface area contributed by atoms with E-state index in [-0.39, 0.29) is 5.84 Å². The predicted molar refractivity (Wildman–Crippen MR) is 71.8 cm³/mol. The second kappa shape index (κ2) is 8.49. The summed E-state index contributed by atoms with van der Waals surface area (Å²) in [6.45, 7) is 2.62. The molecule has 0 unspecified atom stereocenters. The van der Waals surface area contributed by atoms with Gasteiger partial charge in [-0.15, -0.1) is 0 Å². The number of nitrogens with two attached hydrogens (primary N) is 1. The lowest BCUT2D eigenvalue weighted by Gasteiger charge is -2.05. The highest BCUT2D eigenvalue weighted by molar-refractivity contribution is 5.96. The molecule has 0 heterocycles. The van der Waals surface area contributed by atoms with Crippen LogP contribution < -0.4 is 11.1 Å². The summed E-state index contributed by atoms with van der Waals surface area (Å²) in [7, 11) is 1.72. The van der Waals surface area contributed by atoms with Crippen molar-refractivity contribution in [2.45, 2.75) is 19.4 Å². The molecule has 0 bridgehead atoms. The number of hydrogen-bond donors (Lipinski definition) is 3. The van der Waals surface area contributed by atoms with Crippen LogP contribution in [0.3, 0.4) is 0 Å². The van der Waals surface area contributed by atoms with Crippen molar-refractivity contribution in [1.29, 1.82) is 0 Å². The zero-order valence-corrected chi connectivity index (χ0v) is 10.7. The average Bonchev–Trinajstić information content (AvgIpc) is 2.42. The van der Waals surface area contributed by atoms with Gasteiger partial charge in [0.05, 0.1) is 0 Å². The quantitative estimate of drug-likeness (QED) is 0.214. The topological polar surface area (TPSA) is 79.9 Å². The summed E-state index contributed by atoms with van der Waals surface area (Å²) < 4.78 is 4.98. The number of hydrogen-bond acceptors (Lipinski definition) is 4. The van der Waals surface area contributed by atoms with Crippen LogP contribution in [-0.4, -0.2) is 31.3 Å². The Balaban J connectivity index is 2.27. The minimum atomic E-state index is 0.133. The number of methoxy groups -OCH3 is 1. The molecule has 0 aliphatic rings. The third-order valence-corrected chi connectivity index (χ3v) is 2.64. The van der Waals surface area contributed by atoms with Crippen molar-refractivity contribution in [3.63, 3.8) is 0 Å². The van der Waals surface area contributed by atoms with Crippen molar-refractivity contribution in [3.8, 4) is 0 Å². The van der Waals surface area contributed by atoms with Crippen LogP contribution >= 0.6 is 0 Å². The summed E-state index contributed by atoms with van der Waals surface area (Å²) in [5.74, 6) is 0.133. The van der Waals surface area contributed by atoms with Crippen molar-refractivity contribution in [3.05, 3.63) is 35.4 Å². The number of ether oxygens (including phenoxy) is 1. The lowest BCUT2D eigenvalue weighted by Crippen LogP contribution is -2.16. The molecule has 5 heteroatoms. The summed E-state index contributed by atoms with van der Waals surface area (Å²) >= 11 is 0. The summed E-state index contributed by atoms with van der Waals surface area (Å²) in [5.41, 5.74) is 7.39. The number of unbranched alkanes of at least 4 members (excludes halogenated alkanes) is 1. The van der Waals surface area contributed by atoms with Crippen molar-refractivity contribution in [2.24, 2.45) is 10.9 Å². The van der Waals surface area contributed by atoms with Crippen LogP contribution in [0.4, 0.5) is 0 Å². The zero-order valence-electron chi connectivity index (χ0n) is 10.7. The first-order valence-electron chi connectivity index (χ1n) is 6.04. The zero-order chi connectivity index (χ0) is 13.2. The molecule has 100 valence electrons. The van der Waals surface area contributed by atoms with Gasteiger partial charge in [0, 0.05) is 25.8 Å². The number of nitrogens with zero attached hydrogens (tertiary/aromatic N) is 1. The van der Waals surface area contributed by atoms with E-state index in [1.807, 2.05) is 24.3 Å². The van der Waals surface area contributed by atoms with Gasteiger partial charge < -0.3 is 21.0 Å². The van der Waals surface area contributed by atoms with Crippen LogP contribution in [0.15, 0.2) is 29.4 Å². The van der Waals surface area contributed by atoms with Crippen LogP contribution in [0.5, 0.6) is 0 Å². The monoisotopic (exact) mass is 251 g/mol. The molecule has 0 fully saturated rings. The van der Waals surface area contributed by atoms with Crippen molar-refractivity contribution >= 4 is 5.84 Å². The molecule has 4 N–H and O–H groups in total. The van der Waals surface area contributed by atoms with Crippen LogP contribution in [-0.2, 0) is 11.3 Å². The van der Waals surface area contributed by atoms with Crippen LogP contribution in [0.25, 0.3) is 0 Å². The molecule has 0 radical (unpaired) electrons. The molecule has 0 aliphatic carbocycles. The summed E-state index contributed by atoms with van der Waals surface area (Å²) in [6.07, 6.45) is 2.18. The Bertz CT molecular complexity index is 363. The Morgan fingerprint density at radius 3 is 2.67 bits per heavy atom. The molecule has 0 spiro atoms. The fourth-order valence-electron chi connectivity index (χ4n) is 1.58. The van der Waals surface area contributed by atoms with Crippen molar-refractivity contribution < 1.29 is 9.94 Å². The molecule has 0 saturated carbocycles. The number of oxime groups is 1. The standard InChI is InChI=1S/C13H21N3O2/c1-18-9-3-2-8-15-10-11-4-6-12(7-5-11)13(14)16-17/h4-7,15,17H,2-3,8-10H2,1H3,(H2,14,16). The Morgan fingerprint density at radius 1 is 1.33 bits per heavy atom. The highest BCUT2D eigenvalue weighted by atomic mass is 16.5. The summed E-state index contributed by atoms with van der Waals surface area (Å²) in [6, 6.07) is 7.62. The lowest BCUT2D eigenvalue weighted by atomic mass is 10.1. The van der Waals surface area contributed by atoms with Gasteiger partial charge in [0.15, 0.2) is 5.84 Å². The Kier molecular flexibility index (Phi) is 6.83. The maximum absolute atomic E-state index is 8.54. The van der Waals surface area contributed by atoms with Gasteiger partial charge in [-0.05, 0) is 24.9 Å². The number of benzene rings is 1. The molecule has 1 rings (SSSR count). The van der Waals surface area contributed by atoms with Gasteiger partial charge in [-0.2, -0.15) is 0 Å². The highest BCUT2D eigenvalue weighted by Gasteiger charge is 1.98. The fraction of sp³-hybridized carbons (Fsp3) is 0.462. The molecule has 0 saturated heterocycles. The van der Waals surface area contributed by atoms with E-state index in [2.05, 4.69) is 10.5 Å². The van der Waals surface area contributed by atoms with E-state index < -0.39 is 0 Å². The minimum absolute atomic E-state index is 0.133. The Morgan fingerprint density at radius 2 is 2.06 bits per heavy atom. The molecular formula is C13H21N3O2. The minimum Gasteiger partial charge on any atom is -0.409 e. The number of nitrogens with one attached hydrogen (secondary N) is 1. The number of amidine groups is 1. The third-order valence-electron chi connectivity index (χ3n) is 2.64. The van der Waals surface area contributed by atoms with E-state index in [0.717, 1.165) is 38.1 Å². The van der Waals surface area contributed by atoms with Crippen LogP contribution in [0.1, 0.15) is 24.0 Å². The second-order valence-electron chi connectivity index (χ2n) is 4.06. The first-order valence-corrected chi connectivity index (χ1v) is 6.04. The van der Waals surface area contributed by atoms with Gasteiger partial charge >= 0.3 is 0 Å². The smallest absolute Gasteiger partial charge is 0.170 e. The molecule has 1 aromatic carbocycles. The molecule has 5 nitrogen and oxygen atoms in total. The fourth-order valence-corrected chi connectivity index (χ4v) is 1.58. The molecular weight excluding hydrogens is 230 g/mol. The van der Waals surface area contributed by atoms with E-state index >= 15 is 0 Å². The third kappa shape index (κ3) is 5.16. The van der Waals surface area contributed by atoms with Gasteiger partial charge in [0.1, 0.15) is 0 Å². The lowest BCUT2D eigenvalue weighted by molar-refractivity contribution is 0.192. The van der Waals surface area contributed by atoms with Gasteiger partial charge in [-0.25, -0.2) is 0 Å². The Labute approximate surface area is 108 Å². The number of rotatable bonds is 8. The van der Waals surface area contributed by atoms with Crippen molar-refractivity contribution in [1.82, 2.24) is 5.32 Å². The van der Waals surface area contributed by atoms with Gasteiger partial charge in [0.25, 0.3) is 0 Å². The van der Waals surface area contributed by atoms with E-state index in [1.54, 1.807) is 7.11 Å². The molecule has 0 aromatic heterocycles. The second-order valence-corrected chi connectivity index (χ2v) is 4.06. The largest absolute Gasteiger partial charge is 0.409 e. The molecule has 0 aliphatic heterocycles. The normalized spacial score (nSPS) is 11.7. The van der Waals surface area contributed by atoms with Gasteiger partial charge in [-0.1, -0.05) is 29.4 Å². The predicted octanol–water partition coefficient (Wildman–Crippen LogP) is 1.30. The summed E-state index contributed by atoms with van der Waals surface area (Å²) in [4.78, 5) is 0.